The van der Waals surface area contributed by atoms with Crippen LogP contribution in [0.25, 0.3) is 0 Å². The molecule has 1 saturated carbocycles. The van der Waals surface area contributed by atoms with Crippen molar-refractivity contribution in [3.8, 4) is 0 Å². The van der Waals surface area contributed by atoms with Gasteiger partial charge in [-0.3, -0.25) is 4.79 Å². The van der Waals surface area contributed by atoms with Crippen LogP contribution >= 0.6 is 15.9 Å². The molecule has 1 aromatic heterocycles. The fourth-order valence-electron chi connectivity index (χ4n) is 2.27. The second kappa shape index (κ2) is 5.36. The highest BCUT2D eigenvalue weighted by Gasteiger charge is 2.43. The van der Waals surface area contributed by atoms with Gasteiger partial charge in [0.05, 0.1) is 6.54 Å². The van der Waals surface area contributed by atoms with Gasteiger partial charge in [-0.25, -0.2) is 0 Å². The highest BCUT2D eigenvalue weighted by Crippen LogP contribution is 2.47. The summed E-state index contributed by atoms with van der Waals surface area (Å²) in [6, 6.07) is 8.13. The van der Waals surface area contributed by atoms with E-state index < -0.39 is 0 Å². The van der Waals surface area contributed by atoms with Gasteiger partial charge in [0.2, 0.25) is 11.8 Å². The lowest BCUT2D eigenvalue weighted by molar-refractivity contribution is -0.122. The van der Waals surface area contributed by atoms with Crippen molar-refractivity contribution < 1.29 is 9.32 Å². The van der Waals surface area contributed by atoms with Crippen molar-refractivity contribution in [1.29, 1.82) is 0 Å². The molecule has 0 bridgehead atoms. The van der Waals surface area contributed by atoms with E-state index in [2.05, 4.69) is 43.5 Å². The maximum Gasteiger partial charge on any atom is 0.224 e. The molecule has 1 heterocycles. The van der Waals surface area contributed by atoms with Crippen LogP contribution < -0.4 is 5.32 Å². The van der Waals surface area contributed by atoms with Gasteiger partial charge in [0.1, 0.15) is 0 Å². The standard InChI is InChI=1S/C14H14BrN3O2/c1-8-17-13(18-20-8)7-16-14(19)12-6-11(12)9-2-4-10(15)5-3-9/h2-5,11-12H,6-7H2,1H3,(H,16,19)/t11-,12+/m1/s1. The van der Waals surface area contributed by atoms with Gasteiger partial charge in [-0.1, -0.05) is 33.2 Å². The number of nitrogens with one attached hydrogen (secondary N) is 1. The van der Waals surface area contributed by atoms with Crippen molar-refractivity contribution in [2.75, 3.05) is 0 Å². The molecule has 0 aliphatic heterocycles. The largest absolute Gasteiger partial charge is 0.348 e. The number of nitrogens with zero attached hydrogens (tertiary/aromatic N) is 2. The molecule has 1 N–H and O–H groups in total. The minimum Gasteiger partial charge on any atom is -0.348 e. The first-order valence-electron chi connectivity index (χ1n) is 6.46. The van der Waals surface area contributed by atoms with Crippen LogP contribution in [-0.2, 0) is 11.3 Å². The Balaban J connectivity index is 1.53. The molecule has 1 aliphatic rings. The van der Waals surface area contributed by atoms with Crippen molar-refractivity contribution in [2.45, 2.75) is 25.8 Å². The molecule has 1 amide bonds. The number of hydrogen-bond donors (Lipinski definition) is 1. The van der Waals surface area contributed by atoms with E-state index in [1.165, 1.54) is 5.56 Å². The van der Waals surface area contributed by atoms with Gasteiger partial charge in [-0.15, -0.1) is 0 Å². The molecule has 0 radical (unpaired) electrons. The maximum absolute atomic E-state index is 12.0. The monoisotopic (exact) mass is 335 g/mol. The molecular weight excluding hydrogens is 322 g/mol. The van der Waals surface area contributed by atoms with E-state index in [1.807, 2.05) is 12.1 Å². The van der Waals surface area contributed by atoms with E-state index in [9.17, 15) is 4.79 Å². The average Bonchev–Trinajstić information content (AvgIpc) is 3.13. The average molecular weight is 336 g/mol. The summed E-state index contributed by atoms with van der Waals surface area (Å²) < 4.78 is 5.91. The predicted molar refractivity (Wildman–Crippen MR) is 75.9 cm³/mol. The van der Waals surface area contributed by atoms with E-state index in [0.717, 1.165) is 10.9 Å². The first-order chi connectivity index (χ1) is 9.63. The molecule has 0 saturated heterocycles. The van der Waals surface area contributed by atoms with E-state index in [0.29, 0.717) is 24.2 Å². The van der Waals surface area contributed by atoms with Crippen LogP contribution in [0.15, 0.2) is 33.3 Å². The van der Waals surface area contributed by atoms with Crippen LogP contribution in [0.4, 0.5) is 0 Å². The Kier molecular flexibility index (Phi) is 3.56. The molecule has 3 rings (SSSR count). The van der Waals surface area contributed by atoms with E-state index >= 15 is 0 Å². The van der Waals surface area contributed by atoms with Crippen LogP contribution in [0.3, 0.4) is 0 Å². The van der Waals surface area contributed by atoms with Crippen LogP contribution in [0, 0.1) is 12.8 Å². The lowest BCUT2D eigenvalue weighted by Gasteiger charge is -2.02. The Morgan fingerprint density at radius 1 is 1.45 bits per heavy atom. The lowest BCUT2D eigenvalue weighted by atomic mass is 10.1. The number of carbonyl (C=O) groups excluding carboxylic acids is 1. The van der Waals surface area contributed by atoms with E-state index in [1.54, 1.807) is 6.92 Å². The van der Waals surface area contributed by atoms with Gasteiger partial charge < -0.3 is 9.84 Å². The first kappa shape index (κ1) is 13.3. The highest BCUT2D eigenvalue weighted by molar-refractivity contribution is 9.10. The van der Waals surface area contributed by atoms with E-state index in [-0.39, 0.29) is 11.8 Å². The molecule has 5 nitrogen and oxygen atoms in total. The lowest BCUT2D eigenvalue weighted by Crippen LogP contribution is -2.25. The van der Waals surface area contributed by atoms with Crippen molar-refractivity contribution in [3.05, 3.63) is 46.0 Å². The summed E-state index contributed by atoms with van der Waals surface area (Å²) in [5.41, 5.74) is 1.21. The summed E-state index contributed by atoms with van der Waals surface area (Å²) in [5, 5.41) is 6.60. The van der Waals surface area contributed by atoms with Gasteiger partial charge in [0, 0.05) is 17.3 Å². The molecular formula is C14H14BrN3O2. The number of aryl methyl sites for hydroxylation is 1. The number of amides is 1. The van der Waals surface area contributed by atoms with Crippen LogP contribution in [0.2, 0.25) is 0 Å². The van der Waals surface area contributed by atoms with Crippen molar-refractivity contribution in [2.24, 2.45) is 5.92 Å². The zero-order valence-corrected chi connectivity index (χ0v) is 12.6. The molecule has 1 fully saturated rings. The Hall–Kier alpha value is -1.69. The number of aromatic nitrogens is 2. The minimum absolute atomic E-state index is 0.0559. The smallest absolute Gasteiger partial charge is 0.224 e. The first-order valence-corrected chi connectivity index (χ1v) is 7.25. The normalized spacial score (nSPS) is 20.7. The van der Waals surface area contributed by atoms with Gasteiger partial charge in [-0.2, -0.15) is 4.98 Å². The summed E-state index contributed by atoms with van der Waals surface area (Å²) in [6.07, 6.45) is 0.902. The Bertz CT molecular complexity index is 624. The molecule has 104 valence electrons. The Morgan fingerprint density at radius 2 is 2.20 bits per heavy atom. The Morgan fingerprint density at radius 3 is 2.85 bits per heavy atom. The summed E-state index contributed by atoms with van der Waals surface area (Å²) in [7, 11) is 0. The summed E-state index contributed by atoms with van der Waals surface area (Å²) in [6.45, 7) is 2.04. The quantitative estimate of drug-likeness (QED) is 0.932. The number of halogens is 1. The second-order valence-corrected chi connectivity index (χ2v) is 5.86. The Labute approximate surface area is 124 Å². The number of carbonyl (C=O) groups is 1. The molecule has 0 spiro atoms. The number of benzene rings is 1. The zero-order chi connectivity index (χ0) is 14.1. The van der Waals surface area contributed by atoms with E-state index in [4.69, 9.17) is 4.52 Å². The fraction of sp³-hybridized carbons (Fsp3) is 0.357. The van der Waals surface area contributed by atoms with Gasteiger partial charge >= 0.3 is 0 Å². The zero-order valence-electron chi connectivity index (χ0n) is 11.0. The predicted octanol–water partition coefficient (Wildman–Crippen LogP) is 2.56. The van der Waals surface area contributed by atoms with Gasteiger partial charge in [-0.05, 0) is 30.0 Å². The third-order valence-corrected chi connectivity index (χ3v) is 3.94. The van der Waals surface area contributed by atoms with Crippen molar-refractivity contribution in [3.63, 3.8) is 0 Å². The third kappa shape index (κ3) is 2.90. The molecule has 1 aliphatic carbocycles. The molecule has 2 aromatic rings. The summed E-state index contributed by atoms with van der Waals surface area (Å²) in [5.74, 6) is 1.46. The third-order valence-electron chi connectivity index (χ3n) is 3.42. The SMILES string of the molecule is Cc1nc(CNC(=O)[C@H]2C[C@@H]2c2ccc(Br)cc2)no1. The highest BCUT2D eigenvalue weighted by atomic mass is 79.9. The van der Waals surface area contributed by atoms with Gasteiger partial charge in [0.15, 0.2) is 5.82 Å². The van der Waals surface area contributed by atoms with Crippen molar-refractivity contribution >= 4 is 21.8 Å². The minimum atomic E-state index is 0.0559. The maximum atomic E-state index is 12.0. The van der Waals surface area contributed by atoms with Crippen LogP contribution in [-0.4, -0.2) is 16.0 Å². The van der Waals surface area contributed by atoms with Crippen LogP contribution in [0.1, 0.15) is 29.6 Å². The van der Waals surface area contributed by atoms with Crippen molar-refractivity contribution in [1.82, 2.24) is 15.5 Å². The summed E-state index contributed by atoms with van der Waals surface area (Å²) in [4.78, 5) is 16.1. The molecule has 0 unspecified atom stereocenters. The molecule has 2 atom stereocenters. The molecule has 6 heteroatoms. The topological polar surface area (TPSA) is 68.0 Å². The number of rotatable bonds is 4. The summed E-state index contributed by atoms with van der Waals surface area (Å²) >= 11 is 3.41. The fourth-order valence-corrected chi connectivity index (χ4v) is 2.54. The molecule has 1 aromatic carbocycles. The number of hydrogen-bond acceptors (Lipinski definition) is 4. The van der Waals surface area contributed by atoms with Gasteiger partial charge in [0.25, 0.3) is 0 Å². The molecule has 20 heavy (non-hydrogen) atoms. The second-order valence-electron chi connectivity index (χ2n) is 4.95. The van der Waals surface area contributed by atoms with Crippen LogP contribution in [0.5, 0.6) is 0 Å².